The van der Waals surface area contributed by atoms with Gasteiger partial charge in [0.1, 0.15) is 11.5 Å². The van der Waals surface area contributed by atoms with Crippen molar-refractivity contribution in [2.45, 2.75) is 25.6 Å². The van der Waals surface area contributed by atoms with Crippen molar-refractivity contribution in [1.29, 1.82) is 0 Å². The lowest BCUT2D eigenvalue weighted by Gasteiger charge is -2.12. The third-order valence-corrected chi connectivity index (χ3v) is 4.68. The van der Waals surface area contributed by atoms with Crippen LogP contribution in [0.2, 0.25) is 5.02 Å². The first-order valence-corrected chi connectivity index (χ1v) is 9.71. The number of alkyl halides is 3. The zero-order valence-electron chi connectivity index (χ0n) is 16.2. The van der Waals surface area contributed by atoms with Crippen LogP contribution in [0.4, 0.5) is 18.9 Å². The molecule has 0 aliphatic heterocycles. The van der Waals surface area contributed by atoms with Gasteiger partial charge in [0, 0.05) is 30.9 Å². The van der Waals surface area contributed by atoms with Gasteiger partial charge in [-0.2, -0.15) is 13.2 Å². The van der Waals surface area contributed by atoms with E-state index in [-0.39, 0.29) is 12.1 Å². The van der Waals surface area contributed by atoms with Gasteiger partial charge in [-0.05, 0) is 48.4 Å². The zero-order valence-corrected chi connectivity index (χ0v) is 17.0. The Balaban J connectivity index is 1.55. The molecule has 0 unspecified atom stereocenters. The average Bonchev–Trinajstić information content (AvgIpc) is 2.74. The fraction of sp³-hybridized carbons (Fsp3) is 0.182. The van der Waals surface area contributed by atoms with Crippen molar-refractivity contribution in [2.75, 3.05) is 5.32 Å². The molecule has 0 atom stereocenters. The molecule has 1 aromatic heterocycles. The highest BCUT2D eigenvalue weighted by molar-refractivity contribution is 6.31. The molecular weight excluding hydrogens is 431 g/mol. The van der Waals surface area contributed by atoms with Crippen LogP contribution in [0, 0.1) is 0 Å². The van der Waals surface area contributed by atoms with Crippen molar-refractivity contribution in [2.24, 2.45) is 5.73 Å². The second-order valence-corrected chi connectivity index (χ2v) is 7.08. The van der Waals surface area contributed by atoms with E-state index in [1.54, 1.807) is 30.5 Å². The summed E-state index contributed by atoms with van der Waals surface area (Å²) in [6.45, 7) is 0.311. The Morgan fingerprint density at radius 2 is 1.81 bits per heavy atom. The molecule has 3 N–H and O–H groups in total. The van der Waals surface area contributed by atoms with Crippen molar-refractivity contribution >= 4 is 23.2 Å². The Bertz CT molecular complexity index is 1060. The number of nitrogens with zero attached hydrogens (tertiary/aromatic N) is 1. The summed E-state index contributed by atoms with van der Waals surface area (Å²) in [5.41, 5.74) is 6.21. The summed E-state index contributed by atoms with van der Waals surface area (Å²) in [5, 5.41) is 2.05. The lowest BCUT2D eigenvalue weighted by Crippen LogP contribution is -2.14. The van der Waals surface area contributed by atoms with Gasteiger partial charge in [0.2, 0.25) is 5.91 Å². The second kappa shape index (κ2) is 9.80. The van der Waals surface area contributed by atoms with E-state index in [0.717, 1.165) is 17.7 Å². The molecule has 0 saturated carbocycles. The molecule has 162 valence electrons. The fourth-order valence-corrected chi connectivity index (χ4v) is 3.02. The summed E-state index contributed by atoms with van der Waals surface area (Å²) < 4.78 is 44.5. The molecular formula is C22H19ClF3N3O2. The van der Waals surface area contributed by atoms with E-state index >= 15 is 0 Å². The molecule has 0 radical (unpaired) electrons. The predicted molar refractivity (Wildman–Crippen MR) is 112 cm³/mol. The first-order chi connectivity index (χ1) is 14.7. The molecule has 1 heterocycles. The molecule has 1 amide bonds. The first-order valence-electron chi connectivity index (χ1n) is 9.33. The number of amides is 1. The van der Waals surface area contributed by atoms with Crippen LogP contribution in [0.1, 0.15) is 23.2 Å². The summed E-state index contributed by atoms with van der Waals surface area (Å²) in [5.74, 6) is 0.828. The maximum atomic E-state index is 12.9. The van der Waals surface area contributed by atoms with Crippen LogP contribution in [-0.4, -0.2) is 10.9 Å². The number of hydrogen-bond donors (Lipinski definition) is 2. The van der Waals surface area contributed by atoms with Crippen LogP contribution in [0.5, 0.6) is 11.5 Å². The topological polar surface area (TPSA) is 77.2 Å². The number of hydrogen-bond acceptors (Lipinski definition) is 4. The number of halogens is 4. The number of rotatable bonds is 7. The van der Waals surface area contributed by atoms with Crippen molar-refractivity contribution < 1.29 is 22.7 Å². The Hall–Kier alpha value is -3.10. The number of aryl methyl sites for hydroxylation is 1. The average molecular weight is 450 g/mol. The van der Waals surface area contributed by atoms with E-state index < -0.39 is 22.7 Å². The Morgan fingerprint density at radius 3 is 2.48 bits per heavy atom. The van der Waals surface area contributed by atoms with Gasteiger partial charge < -0.3 is 15.8 Å². The number of carbonyl (C=O) groups excluding carboxylic acids is 1. The molecule has 5 nitrogen and oxygen atoms in total. The number of nitrogens with one attached hydrogen (secondary N) is 1. The van der Waals surface area contributed by atoms with E-state index in [1.807, 2.05) is 12.1 Å². The van der Waals surface area contributed by atoms with Crippen LogP contribution in [0.3, 0.4) is 0 Å². The zero-order chi connectivity index (χ0) is 22.4. The quantitative estimate of drug-likeness (QED) is 0.494. The highest BCUT2D eigenvalue weighted by Gasteiger charge is 2.33. The van der Waals surface area contributed by atoms with Crippen LogP contribution >= 0.6 is 11.6 Å². The molecule has 3 rings (SSSR count). The lowest BCUT2D eigenvalue weighted by atomic mass is 10.1. The molecule has 3 aromatic rings. The standard InChI is InChI=1S/C22H19ClF3N3O2/c23-20-7-4-15(12-19(20)22(24,25)26)29-21(30)8-3-14-1-5-17(6-2-14)31-18-9-10-28-16(11-18)13-27/h1-2,4-7,9-12H,3,8,13,27H2,(H,29,30). The first kappa shape index (κ1) is 22.6. The minimum Gasteiger partial charge on any atom is -0.457 e. The van der Waals surface area contributed by atoms with E-state index in [1.165, 1.54) is 6.07 Å². The molecule has 31 heavy (non-hydrogen) atoms. The molecule has 0 bridgehead atoms. The van der Waals surface area contributed by atoms with Crippen LogP contribution in [0.15, 0.2) is 60.8 Å². The smallest absolute Gasteiger partial charge is 0.417 e. The van der Waals surface area contributed by atoms with E-state index in [9.17, 15) is 18.0 Å². The second-order valence-electron chi connectivity index (χ2n) is 6.67. The lowest BCUT2D eigenvalue weighted by molar-refractivity contribution is -0.137. The fourth-order valence-electron chi connectivity index (χ4n) is 2.79. The van der Waals surface area contributed by atoms with E-state index in [0.29, 0.717) is 30.2 Å². The van der Waals surface area contributed by atoms with Gasteiger partial charge in [0.15, 0.2) is 0 Å². The number of aromatic nitrogens is 1. The van der Waals surface area contributed by atoms with Gasteiger partial charge in [-0.25, -0.2) is 0 Å². The third kappa shape index (κ3) is 6.44. The minimum absolute atomic E-state index is 0.0414. The van der Waals surface area contributed by atoms with Crippen LogP contribution in [-0.2, 0) is 23.9 Å². The van der Waals surface area contributed by atoms with Crippen molar-refractivity contribution in [3.8, 4) is 11.5 Å². The molecule has 0 spiro atoms. The Morgan fingerprint density at radius 1 is 1.06 bits per heavy atom. The predicted octanol–water partition coefficient (Wildman–Crippen LogP) is 5.58. The number of ether oxygens (including phenoxy) is 1. The molecule has 0 aliphatic carbocycles. The van der Waals surface area contributed by atoms with Crippen molar-refractivity contribution in [3.63, 3.8) is 0 Å². The van der Waals surface area contributed by atoms with Gasteiger partial charge in [-0.15, -0.1) is 0 Å². The van der Waals surface area contributed by atoms with Crippen molar-refractivity contribution in [1.82, 2.24) is 4.98 Å². The number of anilines is 1. The monoisotopic (exact) mass is 449 g/mol. The highest BCUT2D eigenvalue weighted by atomic mass is 35.5. The van der Waals surface area contributed by atoms with Gasteiger partial charge in [0.25, 0.3) is 0 Å². The van der Waals surface area contributed by atoms with Crippen LogP contribution in [0.25, 0.3) is 0 Å². The molecule has 2 aromatic carbocycles. The highest BCUT2D eigenvalue weighted by Crippen LogP contribution is 2.36. The Kier molecular flexibility index (Phi) is 7.14. The SMILES string of the molecule is NCc1cc(Oc2ccc(CCC(=O)Nc3ccc(Cl)c(C(F)(F)F)c3)cc2)ccn1. The van der Waals surface area contributed by atoms with Gasteiger partial charge in [-0.1, -0.05) is 23.7 Å². The Labute approximate surface area is 182 Å². The van der Waals surface area contributed by atoms with Gasteiger partial charge in [0.05, 0.1) is 16.3 Å². The molecule has 0 aliphatic rings. The summed E-state index contributed by atoms with van der Waals surface area (Å²) in [7, 11) is 0. The number of carbonyl (C=O) groups is 1. The number of pyridine rings is 1. The van der Waals surface area contributed by atoms with Gasteiger partial charge >= 0.3 is 6.18 Å². The van der Waals surface area contributed by atoms with Crippen LogP contribution < -0.4 is 15.8 Å². The summed E-state index contributed by atoms with van der Waals surface area (Å²) >= 11 is 5.59. The van der Waals surface area contributed by atoms with Gasteiger partial charge in [-0.3, -0.25) is 9.78 Å². The van der Waals surface area contributed by atoms with E-state index in [4.69, 9.17) is 22.1 Å². The molecule has 9 heteroatoms. The number of benzene rings is 2. The molecule has 0 saturated heterocycles. The minimum atomic E-state index is -4.59. The normalized spacial score (nSPS) is 11.3. The third-order valence-electron chi connectivity index (χ3n) is 4.35. The van der Waals surface area contributed by atoms with E-state index in [2.05, 4.69) is 10.3 Å². The maximum Gasteiger partial charge on any atom is 0.417 e. The largest absolute Gasteiger partial charge is 0.457 e. The maximum absolute atomic E-state index is 12.9. The summed E-state index contributed by atoms with van der Waals surface area (Å²) in [4.78, 5) is 16.2. The van der Waals surface area contributed by atoms with Crippen molar-refractivity contribution in [3.05, 3.63) is 82.6 Å². The summed E-state index contributed by atoms with van der Waals surface area (Å²) in [6, 6.07) is 13.9. The molecule has 0 fully saturated rings. The number of nitrogens with two attached hydrogens (primary N) is 1. The summed E-state index contributed by atoms with van der Waals surface area (Å²) in [6.07, 6.45) is -2.46.